The van der Waals surface area contributed by atoms with E-state index in [2.05, 4.69) is 5.32 Å². The number of carbonyl (C=O) groups excluding carboxylic acids is 2. The van der Waals surface area contributed by atoms with Crippen molar-refractivity contribution in [2.45, 2.75) is 39.4 Å². The molecule has 0 spiro atoms. The van der Waals surface area contributed by atoms with Gasteiger partial charge in [-0.25, -0.2) is 4.79 Å². The van der Waals surface area contributed by atoms with E-state index < -0.39 is 35.3 Å². The molecule has 3 aromatic rings. The van der Waals surface area contributed by atoms with Gasteiger partial charge in [-0.15, -0.1) is 0 Å². The molecule has 1 atom stereocenters. The Morgan fingerprint density at radius 2 is 1.73 bits per heavy atom. The third-order valence-electron chi connectivity index (χ3n) is 5.93. The molecule has 0 saturated heterocycles. The summed E-state index contributed by atoms with van der Waals surface area (Å²) in [5.41, 5.74) is 0.497. The van der Waals surface area contributed by atoms with Gasteiger partial charge < -0.3 is 14.6 Å². The fourth-order valence-corrected chi connectivity index (χ4v) is 4.38. The van der Waals surface area contributed by atoms with Crippen LogP contribution in [0.3, 0.4) is 0 Å². The maximum Gasteiger partial charge on any atom is 0.431 e. The number of amides is 1. The van der Waals surface area contributed by atoms with Crippen LogP contribution >= 0.6 is 11.6 Å². The van der Waals surface area contributed by atoms with E-state index >= 15 is 0 Å². The van der Waals surface area contributed by atoms with E-state index in [1.165, 1.54) is 6.92 Å². The van der Waals surface area contributed by atoms with Gasteiger partial charge in [-0.3, -0.25) is 9.59 Å². The fourth-order valence-electron chi connectivity index (χ4n) is 4.07. The lowest BCUT2D eigenvalue weighted by atomic mass is 9.98. The molecule has 0 radical (unpaired) electrons. The van der Waals surface area contributed by atoms with Gasteiger partial charge in [0.1, 0.15) is 11.7 Å². The average molecular weight is 535 g/mol. The number of benzene rings is 2. The number of pyridine rings is 1. The van der Waals surface area contributed by atoms with Gasteiger partial charge in [0, 0.05) is 13.5 Å². The number of halogens is 4. The smallest absolute Gasteiger partial charge is 0.431 e. The molecule has 1 N–H and O–H groups in total. The molecular weight excluding hydrogens is 509 g/mol. The molecule has 196 valence electrons. The molecule has 0 bridgehead atoms. The number of esters is 1. The summed E-state index contributed by atoms with van der Waals surface area (Å²) in [6, 6.07) is 11.4. The number of nitrogens with zero attached hydrogens (tertiary/aromatic N) is 1. The first-order valence-electron chi connectivity index (χ1n) is 11.4. The van der Waals surface area contributed by atoms with Crippen molar-refractivity contribution in [3.8, 4) is 11.1 Å². The molecule has 1 aromatic heterocycles. The van der Waals surface area contributed by atoms with Gasteiger partial charge in [0.25, 0.3) is 11.5 Å². The predicted molar refractivity (Wildman–Crippen MR) is 135 cm³/mol. The summed E-state index contributed by atoms with van der Waals surface area (Å²) in [6.07, 6.45) is -4.57. The van der Waals surface area contributed by atoms with Crippen molar-refractivity contribution in [3.63, 3.8) is 0 Å². The molecule has 0 aliphatic rings. The van der Waals surface area contributed by atoms with Crippen molar-refractivity contribution in [3.05, 3.63) is 91.9 Å². The Morgan fingerprint density at radius 3 is 2.30 bits per heavy atom. The number of ether oxygens (including phenoxy) is 1. The number of aryl methyl sites for hydroxylation is 2. The zero-order valence-electron chi connectivity index (χ0n) is 20.7. The first kappa shape index (κ1) is 28.0. The van der Waals surface area contributed by atoms with E-state index in [0.717, 1.165) is 13.1 Å². The van der Waals surface area contributed by atoms with Crippen molar-refractivity contribution in [1.29, 1.82) is 0 Å². The van der Waals surface area contributed by atoms with Crippen molar-refractivity contribution in [1.82, 2.24) is 9.88 Å². The van der Waals surface area contributed by atoms with E-state index in [4.69, 9.17) is 16.3 Å². The second-order valence-corrected chi connectivity index (χ2v) is 8.97. The highest BCUT2D eigenvalue weighted by Crippen LogP contribution is 2.31. The van der Waals surface area contributed by atoms with E-state index in [1.807, 2.05) is 0 Å². The lowest BCUT2D eigenvalue weighted by Gasteiger charge is -2.19. The second kappa shape index (κ2) is 11.2. The lowest BCUT2D eigenvalue weighted by Crippen LogP contribution is -2.43. The second-order valence-electron chi connectivity index (χ2n) is 8.56. The van der Waals surface area contributed by atoms with Gasteiger partial charge in [-0.2, -0.15) is 13.2 Å². The van der Waals surface area contributed by atoms with Crippen LogP contribution in [0.2, 0.25) is 5.02 Å². The molecule has 6 nitrogen and oxygen atoms in total. The molecular formula is C27H26ClF3N2O4. The van der Waals surface area contributed by atoms with E-state index in [1.54, 1.807) is 56.3 Å². The highest BCUT2D eigenvalue weighted by atomic mass is 35.5. The first-order valence-corrected chi connectivity index (χ1v) is 11.8. The molecule has 0 aliphatic carbocycles. The number of hydrogen-bond acceptors (Lipinski definition) is 4. The van der Waals surface area contributed by atoms with Gasteiger partial charge in [0.15, 0.2) is 0 Å². The number of nitrogens with one attached hydrogen (secondary N) is 1. The molecule has 2 aromatic carbocycles. The summed E-state index contributed by atoms with van der Waals surface area (Å²) in [6.45, 7) is 4.94. The maximum absolute atomic E-state index is 13.2. The van der Waals surface area contributed by atoms with Crippen molar-refractivity contribution < 1.29 is 27.5 Å². The van der Waals surface area contributed by atoms with Crippen LogP contribution in [0.5, 0.6) is 0 Å². The molecule has 0 saturated carbocycles. The van der Waals surface area contributed by atoms with E-state index in [-0.39, 0.29) is 34.7 Å². The summed E-state index contributed by atoms with van der Waals surface area (Å²) in [4.78, 5) is 38.3. The van der Waals surface area contributed by atoms with Crippen LogP contribution in [0.1, 0.15) is 39.7 Å². The number of rotatable bonds is 7. The highest BCUT2D eigenvalue weighted by molar-refractivity contribution is 6.34. The van der Waals surface area contributed by atoms with Gasteiger partial charge in [0.2, 0.25) is 0 Å². The van der Waals surface area contributed by atoms with Gasteiger partial charge in [0.05, 0.1) is 22.8 Å². The van der Waals surface area contributed by atoms with Gasteiger partial charge >= 0.3 is 12.1 Å². The molecule has 0 aliphatic heterocycles. The topological polar surface area (TPSA) is 77.4 Å². The molecule has 1 amide bonds. The van der Waals surface area contributed by atoms with E-state index in [9.17, 15) is 27.6 Å². The predicted octanol–water partition coefficient (Wildman–Crippen LogP) is 5.25. The van der Waals surface area contributed by atoms with Crippen LogP contribution in [0.15, 0.2) is 53.3 Å². The van der Waals surface area contributed by atoms with Crippen molar-refractivity contribution >= 4 is 23.5 Å². The molecule has 0 unspecified atom stereocenters. The quantitative estimate of drug-likeness (QED) is 0.420. The molecule has 37 heavy (non-hydrogen) atoms. The largest absolute Gasteiger partial charge is 0.464 e. The van der Waals surface area contributed by atoms with Crippen LogP contribution in [-0.4, -0.2) is 29.1 Å². The molecule has 1 heterocycles. The normalized spacial score (nSPS) is 12.2. The Bertz CT molecular complexity index is 1360. The Balaban J connectivity index is 1.89. The number of hydrogen-bond donors (Lipinski definition) is 1. The lowest BCUT2D eigenvalue weighted by molar-refractivity contribution is -0.145. The summed E-state index contributed by atoms with van der Waals surface area (Å²) < 4.78 is 45.4. The van der Waals surface area contributed by atoms with Crippen molar-refractivity contribution in [2.75, 3.05) is 6.61 Å². The van der Waals surface area contributed by atoms with Crippen molar-refractivity contribution in [2.24, 2.45) is 7.05 Å². The monoisotopic (exact) mass is 534 g/mol. The summed E-state index contributed by atoms with van der Waals surface area (Å²) in [5.74, 6) is -1.15. The summed E-state index contributed by atoms with van der Waals surface area (Å²) >= 11 is 6.19. The van der Waals surface area contributed by atoms with Crippen LogP contribution in [0.4, 0.5) is 13.2 Å². The third kappa shape index (κ3) is 6.22. The summed E-state index contributed by atoms with van der Waals surface area (Å²) in [7, 11) is 1.08. The Morgan fingerprint density at radius 1 is 1.08 bits per heavy atom. The Hall–Kier alpha value is -3.59. The maximum atomic E-state index is 13.2. The summed E-state index contributed by atoms with van der Waals surface area (Å²) in [5, 5.41) is 2.93. The molecule has 3 rings (SSSR count). The Labute approximate surface area is 217 Å². The Kier molecular flexibility index (Phi) is 8.48. The number of aromatic nitrogens is 1. The minimum Gasteiger partial charge on any atom is -0.464 e. The zero-order valence-corrected chi connectivity index (χ0v) is 21.5. The zero-order chi connectivity index (χ0) is 27.5. The minimum atomic E-state index is -4.66. The fraction of sp³-hybridized carbons (Fsp3) is 0.296. The van der Waals surface area contributed by atoms with Gasteiger partial charge in [-0.1, -0.05) is 48.0 Å². The molecule has 0 fully saturated rings. The average Bonchev–Trinajstić information content (AvgIpc) is 2.81. The third-order valence-corrected chi connectivity index (χ3v) is 6.24. The van der Waals surface area contributed by atoms with Crippen LogP contribution in [0, 0.1) is 13.8 Å². The first-order chi connectivity index (χ1) is 17.3. The standard InChI is InChI=1S/C27H26ClF3N2O4/c1-5-37-26(36)20(32-24(34)23-15(2)7-6-8-19(23)28)14-17-9-11-18(12-10-17)22-16(3)13-21(27(29,30)31)33(4)25(22)35/h6-13,20H,5,14H2,1-4H3,(H,32,34)/t20-/m0/s1. The van der Waals surface area contributed by atoms with Gasteiger partial charge in [-0.05, 0) is 55.2 Å². The van der Waals surface area contributed by atoms with Crippen LogP contribution in [-0.2, 0) is 29.2 Å². The SMILES string of the molecule is CCOC(=O)[C@H](Cc1ccc(-c2c(C)cc(C(F)(F)F)n(C)c2=O)cc1)NC(=O)c1c(C)cccc1Cl. The number of carbonyl (C=O) groups is 2. The minimum absolute atomic E-state index is 0.0817. The van der Waals surface area contributed by atoms with Crippen LogP contribution < -0.4 is 10.9 Å². The molecule has 10 heteroatoms. The van der Waals surface area contributed by atoms with Crippen LogP contribution in [0.25, 0.3) is 11.1 Å². The van der Waals surface area contributed by atoms with E-state index in [0.29, 0.717) is 21.3 Å². The number of alkyl halides is 3. The highest BCUT2D eigenvalue weighted by Gasteiger charge is 2.34.